The standard InChI is InChI=1S/C19H19N5O2/c1-12(2)18-23-15-11-24(8-6-16(15)26-18)19(25)13-9-21-17(22-10-13)14-5-3-4-7-20-14/h3-5,7,9-10,12H,6,8,11H2,1-2H3. The highest BCUT2D eigenvalue weighted by atomic mass is 16.4. The molecule has 0 N–H and O–H groups in total. The van der Waals surface area contributed by atoms with Crippen LogP contribution in [0.5, 0.6) is 0 Å². The van der Waals surface area contributed by atoms with Crippen LogP contribution in [-0.4, -0.2) is 37.3 Å². The molecule has 0 radical (unpaired) electrons. The van der Waals surface area contributed by atoms with Gasteiger partial charge in [0.1, 0.15) is 17.1 Å². The first-order chi connectivity index (χ1) is 12.6. The molecule has 0 aromatic carbocycles. The predicted molar refractivity (Wildman–Crippen MR) is 94.3 cm³/mol. The number of carbonyl (C=O) groups is 1. The Morgan fingerprint density at radius 2 is 2.00 bits per heavy atom. The summed E-state index contributed by atoms with van der Waals surface area (Å²) in [6.45, 7) is 5.13. The van der Waals surface area contributed by atoms with Crippen molar-refractivity contribution in [2.45, 2.75) is 32.7 Å². The van der Waals surface area contributed by atoms with Gasteiger partial charge in [-0.3, -0.25) is 9.78 Å². The van der Waals surface area contributed by atoms with Gasteiger partial charge < -0.3 is 9.32 Å². The third kappa shape index (κ3) is 3.08. The van der Waals surface area contributed by atoms with Gasteiger partial charge in [0.25, 0.3) is 5.91 Å². The Bertz CT molecular complexity index is 919. The molecule has 3 aromatic heterocycles. The average molecular weight is 349 g/mol. The number of carbonyl (C=O) groups excluding carboxylic acids is 1. The predicted octanol–water partition coefficient (Wildman–Crippen LogP) is 2.85. The topological polar surface area (TPSA) is 85.0 Å². The number of hydrogen-bond acceptors (Lipinski definition) is 6. The second-order valence-electron chi connectivity index (χ2n) is 6.56. The van der Waals surface area contributed by atoms with Crippen LogP contribution < -0.4 is 0 Å². The number of fused-ring (bicyclic) bond motifs is 1. The van der Waals surface area contributed by atoms with Crippen LogP contribution in [0.2, 0.25) is 0 Å². The third-order valence-corrected chi connectivity index (χ3v) is 4.32. The van der Waals surface area contributed by atoms with Crippen LogP contribution in [-0.2, 0) is 13.0 Å². The molecule has 26 heavy (non-hydrogen) atoms. The van der Waals surface area contributed by atoms with Gasteiger partial charge in [0.15, 0.2) is 11.7 Å². The second kappa shape index (κ2) is 6.67. The van der Waals surface area contributed by atoms with Gasteiger partial charge in [-0.1, -0.05) is 19.9 Å². The monoisotopic (exact) mass is 349 g/mol. The minimum atomic E-state index is -0.0997. The minimum Gasteiger partial charge on any atom is -0.445 e. The van der Waals surface area contributed by atoms with E-state index in [1.807, 2.05) is 32.0 Å². The lowest BCUT2D eigenvalue weighted by atomic mass is 10.1. The molecule has 0 saturated carbocycles. The van der Waals surface area contributed by atoms with Gasteiger partial charge in [0, 0.05) is 37.5 Å². The molecule has 0 spiro atoms. The number of rotatable bonds is 3. The summed E-state index contributed by atoms with van der Waals surface area (Å²) in [4.78, 5) is 31.8. The number of amides is 1. The summed E-state index contributed by atoms with van der Waals surface area (Å²) in [5.41, 5.74) is 1.98. The van der Waals surface area contributed by atoms with Crippen molar-refractivity contribution in [1.29, 1.82) is 0 Å². The normalized spacial score (nSPS) is 13.7. The van der Waals surface area contributed by atoms with Crippen LogP contribution in [0.15, 0.2) is 41.2 Å². The number of hydrogen-bond donors (Lipinski definition) is 0. The number of nitrogens with zero attached hydrogens (tertiary/aromatic N) is 5. The van der Waals surface area contributed by atoms with Crippen molar-refractivity contribution in [3.63, 3.8) is 0 Å². The van der Waals surface area contributed by atoms with E-state index >= 15 is 0 Å². The zero-order chi connectivity index (χ0) is 18.1. The number of aromatic nitrogens is 4. The maximum absolute atomic E-state index is 12.8. The lowest BCUT2D eigenvalue weighted by Crippen LogP contribution is -2.36. The Balaban J connectivity index is 1.51. The van der Waals surface area contributed by atoms with E-state index in [9.17, 15) is 4.79 Å². The van der Waals surface area contributed by atoms with Gasteiger partial charge in [-0.25, -0.2) is 15.0 Å². The largest absolute Gasteiger partial charge is 0.445 e. The first kappa shape index (κ1) is 16.4. The van der Waals surface area contributed by atoms with Gasteiger partial charge in [-0.05, 0) is 12.1 Å². The molecule has 3 aromatic rings. The van der Waals surface area contributed by atoms with Gasteiger partial charge >= 0.3 is 0 Å². The zero-order valence-corrected chi connectivity index (χ0v) is 14.7. The maximum Gasteiger partial charge on any atom is 0.257 e. The summed E-state index contributed by atoms with van der Waals surface area (Å²) in [5.74, 6) is 2.25. The fraction of sp³-hybridized carbons (Fsp3) is 0.316. The molecule has 1 aliphatic heterocycles. The molecule has 0 bridgehead atoms. The smallest absolute Gasteiger partial charge is 0.257 e. The average Bonchev–Trinajstić information content (AvgIpc) is 3.12. The number of pyridine rings is 1. The van der Waals surface area contributed by atoms with Crippen molar-refractivity contribution in [1.82, 2.24) is 24.8 Å². The summed E-state index contributed by atoms with van der Waals surface area (Å²) >= 11 is 0. The quantitative estimate of drug-likeness (QED) is 0.723. The molecule has 4 heterocycles. The number of oxazole rings is 1. The van der Waals surface area contributed by atoms with E-state index in [1.165, 1.54) is 0 Å². The Morgan fingerprint density at radius 1 is 1.19 bits per heavy atom. The van der Waals surface area contributed by atoms with Gasteiger partial charge in [-0.15, -0.1) is 0 Å². The van der Waals surface area contributed by atoms with Crippen LogP contribution in [0.3, 0.4) is 0 Å². The molecule has 132 valence electrons. The molecule has 0 atom stereocenters. The lowest BCUT2D eigenvalue weighted by molar-refractivity contribution is 0.0727. The van der Waals surface area contributed by atoms with E-state index in [1.54, 1.807) is 23.5 Å². The van der Waals surface area contributed by atoms with Crippen LogP contribution >= 0.6 is 0 Å². The fourth-order valence-corrected chi connectivity index (χ4v) is 2.89. The summed E-state index contributed by atoms with van der Waals surface area (Å²) in [6.07, 6.45) is 5.47. The molecule has 1 aliphatic rings. The second-order valence-corrected chi connectivity index (χ2v) is 6.56. The van der Waals surface area contributed by atoms with Crippen molar-refractivity contribution in [3.05, 3.63) is 59.7 Å². The maximum atomic E-state index is 12.8. The highest BCUT2D eigenvalue weighted by Crippen LogP contribution is 2.24. The van der Waals surface area contributed by atoms with Gasteiger partial charge in [0.2, 0.25) is 0 Å². The summed E-state index contributed by atoms with van der Waals surface area (Å²) in [6, 6.07) is 5.54. The van der Waals surface area contributed by atoms with Crippen molar-refractivity contribution in [2.75, 3.05) is 6.54 Å². The Hall–Kier alpha value is -3.09. The molecular weight excluding hydrogens is 330 g/mol. The van der Waals surface area contributed by atoms with Crippen molar-refractivity contribution in [3.8, 4) is 11.5 Å². The fourth-order valence-electron chi connectivity index (χ4n) is 2.89. The first-order valence-electron chi connectivity index (χ1n) is 8.63. The molecule has 0 fully saturated rings. The highest BCUT2D eigenvalue weighted by Gasteiger charge is 2.27. The Labute approximate surface area is 151 Å². The van der Waals surface area contributed by atoms with E-state index in [2.05, 4.69) is 19.9 Å². The minimum absolute atomic E-state index is 0.0997. The molecule has 4 rings (SSSR count). The van der Waals surface area contributed by atoms with Crippen LogP contribution in [0.1, 0.15) is 47.5 Å². The molecular formula is C19H19N5O2. The summed E-state index contributed by atoms with van der Waals surface area (Å²) in [7, 11) is 0. The lowest BCUT2D eigenvalue weighted by Gasteiger charge is -2.25. The van der Waals surface area contributed by atoms with Crippen LogP contribution in [0.4, 0.5) is 0 Å². The van der Waals surface area contributed by atoms with Crippen LogP contribution in [0, 0.1) is 0 Å². The Morgan fingerprint density at radius 3 is 2.69 bits per heavy atom. The first-order valence-corrected chi connectivity index (χ1v) is 8.63. The van der Waals surface area contributed by atoms with Crippen molar-refractivity contribution >= 4 is 5.91 Å². The molecule has 1 amide bonds. The molecule has 0 saturated heterocycles. The van der Waals surface area contributed by atoms with Crippen molar-refractivity contribution < 1.29 is 9.21 Å². The van der Waals surface area contributed by atoms with E-state index in [0.29, 0.717) is 36.6 Å². The summed E-state index contributed by atoms with van der Waals surface area (Å²) in [5, 5.41) is 0. The van der Waals surface area contributed by atoms with Gasteiger partial charge in [0.05, 0.1) is 12.1 Å². The molecule has 0 unspecified atom stereocenters. The SMILES string of the molecule is CC(C)c1nc2c(o1)CCN(C(=O)c1cnc(-c3ccccn3)nc1)C2. The van der Waals surface area contributed by atoms with Crippen molar-refractivity contribution in [2.24, 2.45) is 0 Å². The molecule has 7 heteroatoms. The third-order valence-electron chi connectivity index (χ3n) is 4.32. The highest BCUT2D eigenvalue weighted by molar-refractivity contribution is 5.93. The molecule has 0 aliphatic carbocycles. The van der Waals surface area contributed by atoms with E-state index < -0.39 is 0 Å². The van der Waals surface area contributed by atoms with Gasteiger partial charge in [-0.2, -0.15) is 0 Å². The molecule has 7 nitrogen and oxygen atoms in total. The Kier molecular flexibility index (Phi) is 4.20. The van der Waals surface area contributed by atoms with E-state index in [-0.39, 0.29) is 11.8 Å². The zero-order valence-electron chi connectivity index (χ0n) is 14.7. The summed E-state index contributed by atoms with van der Waals surface area (Å²) < 4.78 is 5.79. The van der Waals surface area contributed by atoms with E-state index in [0.717, 1.165) is 17.3 Å². The van der Waals surface area contributed by atoms with E-state index in [4.69, 9.17) is 4.42 Å². The van der Waals surface area contributed by atoms with Crippen LogP contribution in [0.25, 0.3) is 11.5 Å².